The van der Waals surface area contributed by atoms with Gasteiger partial charge >= 0.3 is 6.03 Å². The summed E-state index contributed by atoms with van der Waals surface area (Å²) in [4.78, 5) is 22.6. The number of urea groups is 1. The van der Waals surface area contributed by atoms with Gasteiger partial charge in [-0.3, -0.25) is 4.79 Å². The topological polar surface area (TPSA) is 84.2 Å². The molecule has 104 valence electrons. The van der Waals surface area contributed by atoms with Crippen molar-refractivity contribution in [1.82, 2.24) is 10.6 Å². The van der Waals surface area contributed by atoms with Crippen LogP contribution < -0.4 is 16.4 Å². The van der Waals surface area contributed by atoms with Crippen LogP contribution >= 0.6 is 0 Å². The number of carbonyl (C=O) groups excluding carboxylic acids is 2. The van der Waals surface area contributed by atoms with Gasteiger partial charge in [0, 0.05) is 13.1 Å². The molecular weight excluding hydrogens is 230 g/mol. The SMILES string of the molecule is CC(C)(CNC(=O)NCCC1CCCC1)C(N)=O. The lowest BCUT2D eigenvalue weighted by molar-refractivity contribution is -0.125. The number of hydrogen-bond acceptors (Lipinski definition) is 2. The summed E-state index contributed by atoms with van der Waals surface area (Å²) in [5.41, 5.74) is 4.52. The molecular formula is C13H25N3O2. The summed E-state index contributed by atoms with van der Waals surface area (Å²) in [6.45, 7) is 4.40. The molecule has 4 N–H and O–H groups in total. The average molecular weight is 255 g/mol. The normalized spacial score (nSPS) is 16.6. The van der Waals surface area contributed by atoms with Crippen molar-refractivity contribution in [2.24, 2.45) is 17.1 Å². The molecule has 0 heterocycles. The maximum Gasteiger partial charge on any atom is 0.314 e. The largest absolute Gasteiger partial charge is 0.369 e. The molecule has 0 bridgehead atoms. The second-order valence-corrected chi connectivity index (χ2v) is 5.80. The second-order valence-electron chi connectivity index (χ2n) is 5.80. The number of amides is 3. The highest BCUT2D eigenvalue weighted by Gasteiger charge is 2.25. The van der Waals surface area contributed by atoms with Crippen molar-refractivity contribution < 1.29 is 9.59 Å². The van der Waals surface area contributed by atoms with Crippen molar-refractivity contribution in [2.75, 3.05) is 13.1 Å². The molecule has 0 atom stereocenters. The standard InChI is InChI=1S/C13H25N3O2/c1-13(2,11(14)17)9-16-12(18)15-8-7-10-5-3-4-6-10/h10H,3-9H2,1-2H3,(H2,14,17)(H2,15,16,18). The van der Waals surface area contributed by atoms with Crippen molar-refractivity contribution in [3.63, 3.8) is 0 Å². The third-order valence-electron chi connectivity index (χ3n) is 3.67. The predicted molar refractivity (Wildman–Crippen MR) is 71.0 cm³/mol. The van der Waals surface area contributed by atoms with Crippen LogP contribution in [0.4, 0.5) is 4.79 Å². The highest BCUT2D eigenvalue weighted by atomic mass is 16.2. The number of hydrogen-bond donors (Lipinski definition) is 3. The lowest BCUT2D eigenvalue weighted by Crippen LogP contribution is -2.45. The molecule has 18 heavy (non-hydrogen) atoms. The van der Waals surface area contributed by atoms with Gasteiger partial charge in [0.25, 0.3) is 0 Å². The summed E-state index contributed by atoms with van der Waals surface area (Å²) in [6, 6.07) is -0.220. The Balaban J connectivity index is 2.11. The molecule has 3 amide bonds. The van der Waals surface area contributed by atoms with Gasteiger partial charge in [-0.15, -0.1) is 0 Å². The minimum atomic E-state index is -0.706. The number of carbonyl (C=O) groups is 2. The van der Waals surface area contributed by atoms with E-state index in [1.165, 1.54) is 25.7 Å². The zero-order chi connectivity index (χ0) is 13.6. The van der Waals surface area contributed by atoms with Crippen LogP contribution in [0.3, 0.4) is 0 Å². The van der Waals surface area contributed by atoms with Crippen molar-refractivity contribution in [1.29, 1.82) is 0 Å². The fourth-order valence-corrected chi connectivity index (χ4v) is 2.14. The van der Waals surface area contributed by atoms with E-state index in [9.17, 15) is 9.59 Å². The van der Waals surface area contributed by atoms with E-state index in [0.29, 0.717) is 6.54 Å². The molecule has 1 aliphatic carbocycles. The Hall–Kier alpha value is -1.26. The molecule has 5 nitrogen and oxygen atoms in total. The molecule has 0 spiro atoms. The number of nitrogens with two attached hydrogens (primary N) is 1. The first-order valence-electron chi connectivity index (χ1n) is 6.73. The van der Waals surface area contributed by atoms with Gasteiger partial charge in [0.05, 0.1) is 5.41 Å². The first kappa shape index (κ1) is 14.8. The van der Waals surface area contributed by atoms with Gasteiger partial charge in [0.2, 0.25) is 5.91 Å². The van der Waals surface area contributed by atoms with E-state index in [1.54, 1.807) is 13.8 Å². The van der Waals surface area contributed by atoms with Crippen LogP contribution in [0, 0.1) is 11.3 Å². The van der Waals surface area contributed by atoms with Crippen molar-refractivity contribution in [3.8, 4) is 0 Å². The molecule has 0 aliphatic heterocycles. The number of primary amides is 1. The third kappa shape index (κ3) is 4.94. The minimum absolute atomic E-state index is 0.220. The van der Waals surface area contributed by atoms with E-state index >= 15 is 0 Å². The van der Waals surface area contributed by atoms with Gasteiger partial charge in [-0.2, -0.15) is 0 Å². The molecule has 0 radical (unpaired) electrons. The lowest BCUT2D eigenvalue weighted by Gasteiger charge is -2.21. The van der Waals surface area contributed by atoms with E-state index in [4.69, 9.17) is 5.73 Å². The smallest absolute Gasteiger partial charge is 0.314 e. The van der Waals surface area contributed by atoms with Gasteiger partial charge in [-0.05, 0) is 26.2 Å². The maximum absolute atomic E-state index is 11.5. The number of rotatable bonds is 6. The van der Waals surface area contributed by atoms with E-state index in [-0.39, 0.29) is 12.6 Å². The first-order valence-corrected chi connectivity index (χ1v) is 6.73. The van der Waals surface area contributed by atoms with E-state index in [0.717, 1.165) is 12.3 Å². The quantitative estimate of drug-likeness (QED) is 0.670. The summed E-state index contributed by atoms with van der Waals surface area (Å²) < 4.78 is 0. The Morgan fingerprint density at radius 2 is 1.83 bits per heavy atom. The predicted octanol–water partition coefficient (Wildman–Crippen LogP) is 1.38. The molecule has 0 saturated heterocycles. The Bertz CT molecular complexity index is 297. The molecule has 1 aliphatic rings. The van der Waals surface area contributed by atoms with Crippen LogP contribution in [-0.2, 0) is 4.79 Å². The molecule has 0 aromatic rings. The Morgan fingerprint density at radius 1 is 1.22 bits per heavy atom. The van der Waals surface area contributed by atoms with Crippen LogP contribution in [0.5, 0.6) is 0 Å². The maximum atomic E-state index is 11.5. The highest BCUT2D eigenvalue weighted by Crippen LogP contribution is 2.26. The Kier molecular flexibility index (Phi) is 5.44. The summed E-state index contributed by atoms with van der Waals surface area (Å²) in [5.74, 6) is 0.362. The molecule has 1 fully saturated rings. The Labute approximate surface area is 109 Å². The monoisotopic (exact) mass is 255 g/mol. The number of nitrogens with one attached hydrogen (secondary N) is 2. The van der Waals surface area contributed by atoms with Gasteiger partial charge in [0.1, 0.15) is 0 Å². The molecule has 0 aromatic heterocycles. The first-order chi connectivity index (χ1) is 8.42. The van der Waals surface area contributed by atoms with E-state index in [1.807, 2.05) is 0 Å². The molecule has 5 heteroatoms. The lowest BCUT2D eigenvalue weighted by atomic mass is 9.93. The summed E-state index contributed by atoms with van der Waals surface area (Å²) in [7, 11) is 0. The fourth-order valence-electron chi connectivity index (χ4n) is 2.14. The summed E-state index contributed by atoms with van der Waals surface area (Å²) in [5, 5.41) is 5.50. The van der Waals surface area contributed by atoms with Crippen LogP contribution in [0.1, 0.15) is 46.0 Å². The summed E-state index contributed by atoms with van der Waals surface area (Å²) in [6.07, 6.45) is 6.27. The van der Waals surface area contributed by atoms with E-state index in [2.05, 4.69) is 10.6 Å². The van der Waals surface area contributed by atoms with Crippen LogP contribution in [0.2, 0.25) is 0 Å². The van der Waals surface area contributed by atoms with Gasteiger partial charge in [0.15, 0.2) is 0 Å². The molecule has 1 saturated carbocycles. The van der Waals surface area contributed by atoms with Crippen LogP contribution in [0.15, 0.2) is 0 Å². The third-order valence-corrected chi connectivity index (χ3v) is 3.67. The van der Waals surface area contributed by atoms with Gasteiger partial charge in [-0.25, -0.2) is 4.79 Å². The second kappa shape index (κ2) is 6.61. The van der Waals surface area contributed by atoms with Gasteiger partial charge < -0.3 is 16.4 Å². The van der Waals surface area contributed by atoms with Crippen molar-refractivity contribution in [3.05, 3.63) is 0 Å². The molecule has 0 unspecified atom stereocenters. The van der Waals surface area contributed by atoms with Crippen molar-refractivity contribution >= 4 is 11.9 Å². The van der Waals surface area contributed by atoms with Crippen molar-refractivity contribution in [2.45, 2.75) is 46.0 Å². The average Bonchev–Trinajstić information content (AvgIpc) is 2.79. The zero-order valence-electron chi connectivity index (χ0n) is 11.4. The summed E-state index contributed by atoms with van der Waals surface area (Å²) >= 11 is 0. The Morgan fingerprint density at radius 3 is 2.39 bits per heavy atom. The van der Waals surface area contributed by atoms with Crippen LogP contribution in [0.25, 0.3) is 0 Å². The highest BCUT2D eigenvalue weighted by molar-refractivity contribution is 5.81. The zero-order valence-corrected chi connectivity index (χ0v) is 11.4. The molecule has 1 rings (SSSR count). The minimum Gasteiger partial charge on any atom is -0.369 e. The molecule has 0 aromatic carbocycles. The van der Waals surface area contributed by atoms with Gasteiger partial charge in [-0.1, -0.05) is 25.7 Å². The fraction of sp³-hybridized carbons (Fsp3) is 0.846. The van der Waals surface area contributed by atoms with Crippen LogP contribution in [-0.4, -0.2) is 25.0 Å². The van der Waals surface area contributed by atoms with E-state index < -0.39 is 11.3 Å².